The number of aryl methyl sites for hydroxylation is 6. The first-order valence-corrected chi connectivity index (χ1v) is 40.4. The molecule has 0 spiro atoms. The lowest BCUT2D eigenvalue weighted by Crippen LogP contribution is -2.30. The molecule has 12 nitrogen and oxygen atoms in total. The second kappa shape index (κ2) is 30.6. The van der Waals surface area contributed by atoms with E-state index in [0.717, 1.165) is 123 Å². The van der Waals surface area contributed by atoms with Crippen molar-refractivity contribution in [1.82, 2.24) is 28.7 Å². The molecule has 0 N–H and O–H groups in total. The summed E-state index contributed by atoms with van der Waals surface area (Å²) < 4.78 is 32.7. The summed E-state index contributed by atoms with van der Waals surface area (Å²) in [5.74, 6) is 5.89. The number of hydrogen-bond acceptors (Lipinski definition) is 6. The average Bonchev–Trinajstić information content (AvgIpc) is 1.55. The highest BCUT2D eigenvalue weighted by Crippen LogP contribution is 2.43. The Kier molecular flexibility index (Phi) is 19.1. The molecule has 0 atom stereocenters. The molecule has 0 aliphatic rings. The van der Waals surface area contributed by atoms with Crippen LogP contribution in [0.3, 0.4) is 0 Å². The summed E-state index contributed by atoms with van der Waals surface area (Å²) in [5, 5.41) is 2.44. The highest BCUT2D eigenvalue weighted by molar-refractivity contribution is 5.95. The maximum Gasteiger partial charge on any atom is 0.295 e. The fraction of sp³-hybridized carbons (Fsp3) is 0.113. The Bertz CT molecular complexity index is 7320. The molecule has 0 unspecified atom stereocenters. The number of benzene rings is 15. The molecule has 0 amide bonds. The Morgan fingerprint density at radius 1 is 0.288 bits per heavy atom. The van der Waals surface area contributed by atoms with Crippen LogP contribution in [0.15, 0.2) is 353 Å². The van der Waals surface area contributed by atoms with E-state index >= 15 is 0 Å². The number of nitrogens with zero attached hydrogens (tertiary/aromatic N) is 9. The van der Waals surface area contributed by atoms with Crippen LogP contribution in [0.25, 0.3) is 185 Å². The summed E-state index contributed by atoms with van der Waals surface area (Å²) in [6, 6.07) is 119. The van der Waals surface area contributed by atoms with Crippen molar-refractivity contribution in [2.75, 3.05) is 0 Å². The summed E-state index contributed by atoms with van der Waals surface area (Å²) in [7, 11) is 6.45. The summed E-state index contributed by atoms with van der Waals surface area (Å²) in [6.45, 7) is 15.7. The molecule has 0 radical (unpaired) electrons. The molecule has 21 aromatic rings. The molecular formula is C106H88N9O3+3. The second-order valence-electron chi connectivity index (χ2n) is 31.3. The zero-order chi connectivity index (χ0) is 80.4. The van der Waals surface area contributed by atoms with Gasteiger partial charge in [0.05, 0.1) is 37.8 Å². The highest BCUT2D eigenvalue weighted by atomic mass is 16.4. The minimum atomic E-state index is 0.318. The molecule has 118 heavy (non-hydrogen) atoms. The van der Waals surface area contributed by atoms with Crippen LogP contribution in [0.2, 0.25) is 0 Å². The topological polar surface area (TPSA) is 105 Å². The predicted molar refractivity (Wildman–Crippen MR) is 479 cm³/mol. The van der Waals surface area contributed by atoms with Gasteiger partial charge in [-0.15, -0.1) is 0 Å². The highest BCUT2D eigenvalue weighted by Gasteiger charge is 2.35. The minimum Gasteiger partial charge on any atom is -0.436 e. The van der Waals surface area contributed by atoms with Crippen LogP contribution < -0.4 is 13.7 Å². The van der Waals surface area contributed by atoms with Crippen molar-refractivity contribution in [2.45, 2.75) is 60.3 Å². The standard InChI is InChI=1S/C40H38N3O.C34H26N3O.C32H24N3O/c1-25(2)31-22-30(28-15-9-7-10-16-28)23-32(26(3)4)38(31)43-36-20-14-13-19-35(36)42(6)40(43)33-24-34-37(21-27(33)5)44-39(41-34)29-17-11-8-12-18-29;1-23-21-32-29(35-33(38-32)26-13-7-4-8-14-26)22-28(23)34-36(2)30-15-9-10-16-31(30)37(34)27-19-17-25(18-20-27)24-11-5-3-6-12-24;1-21-19-30-26(33-31(36-30)23-12-4-3-5-13-23)20-25(21)32-34(2)28-16-8-9-17-29(28)35(32)27-18-10-14-22-11-6-7-15-24(22)27/h7-26H,1-6H3;3-22H,1-2H3;3-20H,1-2H3/q3*+1. The zero-order valence-electron chi connectivity index (χ0n) is 67.7. The van der Waals surface area contributed by atoms with Crippen molar-refractivity contribution in [2.24, 2.45) is 21.1 Å². The zero-order valence-corrected chi connectivity index (χ0v) is 67.7. The predicted octanol–water partition coefficient (Wildman–Crippen LogP) is 25.4. The lowest BCUT2D eigenvalue weighted by molar-refractivity contribution is -0.634. The van der Waals surface area contributed by atoms with Gasteiger partial charge in [-0.2, -0.15) is 13.7 Å². The van der Waals surface area contributed by atoms with Crippen LogP contribution in [0.4, 0.5) is 0 Å². The first-order chi connectivity index (χ1) is 57.7. The molecule has 6 aromatic heterocycles. The molecule has 0 fully saturated rings. The fourth-order valence-electron chi connectivity index (χ4n) is 17.1. The van der Waals surface area contributed by atoms with Gasteiger partial charge in [0, 0.05) is 33.2 Å². The number of para-hydroxylation sites is 6. The Labute approximate surface area is 685 Å². The van der Waals surface area contributed by atoms with E-state index in [2.05, 4.69) is 340 Å². The second-order valence-corrected chi connectivity index (χ2v) is 31.3. The van der Waals surface area contributed by atoms with Gasteiger partial charge in [0.15, 0.2) is 49.8 Å². The molecule has 0 saturated carbocycles. The van der Waals surface area contributed by atoms with Gasteiger partial charge < -0.3 is 13.3 Å². The van der Waals surface area contributed by atoms with Gasteiger partial charge in [0.25, 0.3) is 17.5 Å². The van der Waals surface area contributed by atoms with E-state index in [-0.39, 0.29) is 0 Å². The molecule has 0 saturated heterocycles. The van der Waals surface area contributed by atoms with Gasteiger partial charge in [0.1, 0.15) is 33.6 Å². The number of rotatable bonds is 13. The van der Waals surface area contributed by atoms with Gasteiger partial charge in [-0.25, -0.2) is 28.7 Å². The van der Waals surface area contributed by atoms with Crippen molar-refractivity contribution >= 4 is 77.2 Å². The Morgan fingerprint density at radius 3 is 1.03 bits per heavy atom. The lowest BCUT2D eigenvalue weighted by atomic mass is 9.88. The number of oxazole rings is 3. The number of fused-ring (bicyclic) bond motifs is 7. The van der Waals surface area contributed by atoms with Crippen LogP contribution >= 0.6 is 0 Å². The fourth-order valence-corrected chi connectivity index (χ4v) is 17.1. The molecule has 0 bridgehead atoms. The third kappa shape index (κ3) is 13.3. The number of imidazole rings is 3. The largest absolute Gasteiger partial charge is 0.436 e. The molecule has 572 valence electrons. The van der Waals surface area contributed by atoms with E-state index in [0.29, 0.717) is 29.5 Å². The molecule has 12 heteroatoms. The van der Waals surface area contributed by atoms with Crippen molar-refractivity contribution in [3.05, 3.63) is 368 Å². The van der Waals surface area contributed by atoms with Gasteiger partial charge in [-0.3, -0.25) is 0 Å². The summed E-state index contributed by atoms with van der Waals surface area (Å²) >= 11 is 0. The summed E-state index contributed by atoms with van der Waals surface area (Å²) in [4.78, 5) is 14.7. The third-order valence-electron chi connectivity index (χ3n) is 23.0. The van der Waals surface area contributed by atoms with E-state index < -0.39 is 0 Å². The Morgan fingerprint density at radius 2 is 0.610 bits per heavy atom. The number of hydrogen-bond donors (Lipinski definition) is 0. The van der Waals surface area contributed by atoms with Crippen LogP contribution in [0, 0.1) is 20.8 Å². The summed E-state index contributed by atoms with van der Waals surface area (Å²) in [6.07, 6.45) is 0. The van der Waals surface area contributed by atoms with E-state index in [1.807, 2.05) is 97.1 Å². The SMILES string of the molecule is Cc1cc2oc(-c3ccccc3)nc2cc1-c1n(-c2c(C(C)C)cc(-c3ccccc3)cc2C(C)C)c2ccccc2[n+]1C.Cc1cc2oc(-c3ccccc3)nc2cc1-c1n(-c2ccc(-c3ccccc3)cc2)c2ccccc2[n+]1C.Cc1cc2oc(-c3ccccc3)nc2cc1-c1n(-c2cccc3ccccc23)c2ccccc2[n+]1C. The van der Waals surface area contributed by atoms with E-state index in [4.69, 9.17) is 28.2 Å². The van der Waals surface area contributed by atoms with Crippen LogP contribution in [-0.2, 0) is 21.1 Å². The Balaban J connectivity index is 0.000000118. The van der Waals surface area contributed by atoms with Gasteiger partial charge in [0.2, 0.25) is 17.7 Å². The number of aromatic nitrogens is 9. The molecule has 0 aliphatic carbocycles. The first-order valence-electron chi connectivity index (χ1n) is 40.4. The van der Waals surface area contributed by atoms with Gasteiger partial charge in [-0.05, 0) is 216 Å². The molecule has 0 aliphatic heterocycles. The normalized spacial score (nSPS) is 11.6. The smallest absolute Gasteiger partial charge is 0.295 e. The van der Waals surface area contributed by atoms with Crippen LogP contribution in [0.1, 0.15) is 67.3 Å². The van der Waals surface area contributed by atoms with Crippen molar-refractivity contribution in [3.8, 4) is 108 Å². The monoisotopic (exact) mass is 1530 g/mol. The maximum absolute atomic E-state index is 6.26. The van der Waals surface area contributed by atoms with Crippen molar-refractivity contribution in [3.63, 3.8) is 0 Å². The third-order valence-corrected chi connectivity index (χ3v) is 23.0. The maximum atomic E-state index is 6.26. The van der Waals surface area contributed by atoms with Crippen LogP contribution in [-0.4, -0.2) is 28.7 Å². The lowest BCUT2D eigenvalue weighted by Gasteiger charge is -2.21. The van der Waals surface area contributed by atoms with E-state index in [9.17, 15) is 0 Å². The first kappa shape index (κ1) is 73.5. The van der Waals surface area contributed by atoms with Crippen molar-refractivity contribution < 1.29 is 27.0 Å². The van der Waals surface area contributed by atoms with Crippen LogP contribution in [0.5, 0.6) is 0 Å². The molecule has 15 aromatic carbocycles. The molecule has 6 heterocycles. The average molecular weight is 1540 g/mol. The minimum absolute atomic E-state index is 0.318. The van der Waals surface area contributed by atoms with E-state index in [1.165, 1.54) is 71.9 Å². The quantitative estimate of drug-likeness (QED) is 0.107. The molecule has 21 rings (SSSR count). The van der Waals surface area contributed by atoms with Crippen molar-refractivity contribution in [1.29, 1.82) is 0 Å². The Hall–Kier alpha value is -14.6. The van der Waals surface area contributed by atoms with Gasteiger partial charge in [-0.1, -0.05) is 228 Å². The molecular weight excluding hydrogens is 1450 g/mol. The summed E-state index contributed by atoms with van der Waals surface area (Å²) in [5.41, 5.74) is 32.8. The van der Waals surface area contributed by atoms with E-state index in [1.54, 1.807) is 0 Å². The van der Waals surface area contributed by atoms with Gasteiger partial charge >= 0.3 is 0 Å².